The zero-order valence-electron chi connectivity index (χ0n) is 27.9. The van der Waals surface area contributed by atoms with Crippen LogP contribution in [0.1, 0.15) is 35.4 Å². The van der Waals surface area contributed by atoms with E-state index in [0.29, 0.717) is 34.1 Å². The van der Waals surface area contributed by atoms with Crippen LogP contribution < -0.4 is 15.1 Å². The standard InChI is InChI=1S/C41H36ClN3O6/c1-24-7-13-28(14-8-24)43-45-38(48)34-23-33-31(19-20-32-35(33)39(49)44(37(32)47)29-15-11-27(42)12-16-29)36(25-9-17-30(18-10-25)51-22-21-46)41(34,40(45)50)26-5-3-2-4-6-26/h2-19,32-36,43,46H,20-23H2,1H3. The number of aliphatic hydroxyl groups is 1. The molecule has 2 heterocycles. The summed E-state index contributed by atoms with van der Waals surface area (Å²) in [6.45, 7) is 1.95. The third-order valence-electron chi connectivity index (χ3n) is 11.1. The molecule has 4 amide bonds. The van der Waals surface area contributed by atoms with E-state index in [4.69, 9.17) is 16.3 Å². The maximum absolute atomic E-state index is 15.2. The molecule has 258 valence electrons. The summed E-state index contributed by atoms with van der Waals surface area (Å²) in [4.78, 5) is 59.7. The fourth-order valence-electron chi connectivity index (χ4n) is 8.89. The number of allylic oxidation sites excluding steroid dienone is 2. The fourth-order valence-corrected chi connectivity index (χ4v) is 9.01. The lowest BCUT2D eigenvalue weighted by atomic mass is 9.49. The summed E-state index contributed by atoms with van der Waals surface area (Å²) in [6, 6.07) is 30.9. The molecule has 6 atom stereocenters. The summed E-state index contributed by atoms with van der Waals surface area (Å²) in [6.07, 6.45) is 2.57. The Morgan fingerprint density at radius 1 is 0.843 bits per heavy atom. The molecule has 0 radical (unpaired) electrons. The van der Waals surface area contributed by atoms with Gasteiger partial charge in [-0.1, -0.05) is 83.4 Å². The molecule has 2 aliphatic carbocycles. The number of nitrogens with zero attached hydrogens (tertiary/aromatic N) is 2. The van der Waals surface area contributed by atoms with E-state index in [1.54, 1.807) is 36.4 Å². The number of hydrazine groups is 1. The van der Waals surface area contributed by atoms with Gasteiger partial charge in [0.1, 0.15) is 12.4 Å². The van der Waals surface area contributed by atoms with E-state index < -0.39 is 35.0 Å². The Labute approximate surface area is 300 Å². The predicted molar refractivity (Wildman–Crippen MR) is 192 cm³/mol. The van der Waals surface area contributed by atoms with Gasteiger partial charge in [0.2, 0.25) is 11.8 Å². The number of carbonyl (C=O) groups excluding carboxylic acids is 4. The van der Waals surface area contributed by atoms with Crippen molar-refractivity contribution in [2.75, 3.05) is 23.5 Å². The molecule has 4 aromatic carbocycles. The fraction of sp³-hybridized carbons (Fsp3) is 0.268. The summed E-state index contributed by atoms with van der Waals surface area (Å²) < 4.78 is 5.67. The monoisotopic (exact) mass is 701 g/mol. The van der Waals surface area contributed by atoms with Gasteiger partial charge in [-0.2, -0.15) is 5.01 Å². The van der Waals surface area contributed by atoms with Crippen molar-refractivity contribution < 1.29 is 29.0 Å². The second kappa shape index (κ2) is 12.8. The van der Waals surface area contributed by atoms with Crippen molar-refractivity contribution in [1.82, 2.24) is 5.01 Å². The third-order valence-corrected chi connectivity index (χ3v) is 11.3. The van der Waals surface area contributed by atoms with Crippen molar-refractivity contribution >= 4 is 46.6 Å². The Morgan fingerprint density at radius 2 is 1.55 bits per heavy atom. The van der Waals surface area contributed by atoms with Crippen LogP contribution in [0.2, 0.25) is 5.02 Å². The van der Waals surface area contributed by atoms with Gasteiger partial charge in [-0.25, -0.2) is 0 Å². The van der Waals surface area contributed by atoms with Gasteiger partial charge in [-0.15, -0.1) is 0 Å². The summed E-state index contributed by atoms with van der Waals surface area (Å²) in [7, 11) is 0. The highest BCUT2D eigenvalue weighted by atomic mass is 35.5. The van der Waals surface area contributed by atoms with E-state index in [1.807, 2.05) is 79.7 Å². The minimum absolute atomic E-state index is 0.127. The third kappa shape index (κ3) is 5.17. The molecule has 9 nitrogen and oxygen atoms in total. The van der Waals surface area contributed by atoms with E-state index >= 15 is 4.79 Å². The van der Waals surface area contributed by atoms with Crippen molar-refractivity contribution in [3.8, 4) is 5.75 Å². The first-order valence-electron chi connectivity index (χ1n) is 17.2. The van der Waals surface area contributed by atoms with Crippen LogP contribution in [0.3, 0.4) is 0 Å². The number of aryl methyl sites for hydroxylation is 1. The lowest BCUT2D eigenvalue weighted by molar-refractivity contribution is -0.138. The summed E-state index contributed by atoms with van der Waals surface area (Å²) >= 11 is 6.14. The van der Waals surface area contributed by atoms with Crippen LogP contribution in [0.25, 0.3) is 0 Å². The topological polar surface area (TPSA) is 116 Å². The number of benzene rings is 4. The summed E-state index contributed by atoms with van der Waals surface area (Å²) in [5, 5.41) is 11.0. The number of ether oxygens (including phenoxy) is 1. The largest absolute Gasteiger partial charge is 0.491 e. The van der Waals surface area contributed by atoms with E-state index in [2.05, 4.69) is 5.43 Å². The molecule has 3 fully saturated rings. The van der Waals surface area contributed by atoms with E-state index in [9.17, 15) is 19.5 Å². The van der Waals surface area contributed by atoms with Crippen LogP contribution in [0.15, 0.2) is 115 Å². The van der Waals surface area contributed by atoms with Gasteiger partial charge < -0.3 is 9.84 Å². The molecule has 51 heavy (non-hydrogen) atoms. The van der Waals surface area contributed by atoms with Gasteiger partial charge in [-0.3, -0.25) is 29.5 Å². The van der Waals surface area contributed by atoms with Gasteiger partial charge in [0, 0.05) is 10.9 Å². The van der Waals surface area contributed by atoms with Crippen LogP contribution >= 0.6 is 11.6 Å². The van der Waals surface area contributed by atoms with Crippen LogP contribution in [0.4, 0.5) is 11.4 Å². The number of aliphatic hydroxyl groups excluding tert-OH is 1. The number of halogens is 1. The van der Waals surface area contributed by atoms with Gasteiger partial charge in [0.15, 0.2) is 0 Å². The Hall–Kier alpha value is -5.25. The lowest BCUT2D eigenvalue weighted by Gasteiger charge is -2.50. The maximum atomic E-state index is 15.2. The number of hydrogen-bond acceptors (Lipinski definition) is 7. The highest BCUT2D eigenvalue weighted by molar-refractivity contribution is 6.31. The highest BCUT2D eigenvalue weighted by Gasteiger charge is 2.70. The molecule has 10 heteroatoms. The summed E-state index contributed by atoms with van der Waals surface area (Å²) in [5.41, 5.74) is 6.20. The number of imide groups is 2. The van der Waals surface area contributed by atoms with E-state index in [-0.39, 0.29) is 43.3 Å². The molecule has 6 unspecified atom stereocenters. The van der Waals surface area contributed by atoms with Crippen LogP contribution in [0.5, 0.6) is 5.75 Å². The predicted octanol–water partition coefficient (Wildman–Crippen LogP) is 6.21. The van der Waals surface area contributed by atoms with Crippen molar-refractivity contribution in [3.05, 3.63) is 136 Å². The molecule has 8 rings (SSSR count). The molecular formula is C41H36ClN3O6. The highest BCUT2D eigenvalue weighted by Crippen LogP contribution is 2.64. The molecule has 0 bridgehead atoms. The Morgan fingerprint density at radius 3 is 2.24 bits per heavy atom. The van der Waals surface area contributed by atoms with Crippen molar-refractivity contribution in [2.24, 2.45) is 23.7 Å². The minimum atomic E-state index is -1.36. The van der Waals surface area contributed by atoms with Gasteiger partial charge in [0.25, 0.3) is 11.8 Å². The average Bonchev–Trinajstić information content (AvgIpc) is 3.53. The molecule has 2 aliphatic heterocycles. The molecule has 4 aromatic rings. The first-order chi connectivity index (χ1) is 24.7. The number of carbonyl (C=O) groups is 4. The number of anilines is 2. The number of fused-ring (bicyclic) bond motifs is 4. The number of amides is 4. The smallest absolute Gasteiger partial charge is 0.260 e. The van der Waals surface area contributed by atoms with Crippen LogP contribution in [-0.2, 0) is 24.6 Å². The minimum Gasteiger partial charge on any atom is -0.491 e. The molecule has 0 aromatic heterocycles. The van der Waals surface area contributed by atoms with Gasteiger partial charge >= 0.3 is 0 Å². The summed E-state index contributed by atoms with van der Waals surface area (Å²) in [5.74, 6) is -4.10. The average molecular weight is 702 g/mol. The number of rotatable bonds is 8. The Bertz CT molecular complexity index is 2050. The normalized spacial score (nSPS) is 26.8. The van der Waals surface area contributed by atoms with Crippen molar-refractivity contribution in [1.29, 1.82) is 0 Å². The van der Waals surface area contributed by atoms with Gasteiger partial charge in [0.05, 0.1) is 41.2 Å². The lowest BCUT2D eigenvalue weighted by Crippen LogP contribution is -2.53. The molecule has 2 N–H and O–H groups in total. The molecule has 1 saturated carbocycles. The van der Waals surface area contributed by atoms with E-state index in [0.717, 1.165) is 21.7 Å². The number of nitrogens with one attached hydrogen (secondary N) is 1. The molecular weight excluding hydrogens is 666 g/mol. The SMILES string of the molecule is Cc1ccc(NN2C(=O)C3CC4C(=CCC5C(=O)N(c6ccc(Cl)cc6)C(=O)C54)C(c4ccc(OCCO)cc4)C3(c3ccccc3)C2=O)cc1. The second-order valence-corrected chi connectivity index (χ2v) is 14.2. The second-order valence-electron chi connectivity index (χ2n) is 13.7. The molecule has 4 aliphatic rings. The Kier molecular flexibility index (Phi) is 8.27. The van der Waals surface area contributed by atoms with Crippen LogP contribution in [-0.4, -0.2) is 47.0 Å². The zero-order chi connectivity index (χ0) is 35.4. The van der Waals surface area contributed by atoms with Crippen molar-refractivity contribution in [2.45, 2.75) is 31.1 Å². The Balaban J connectivity index is 1.29. The number of hydrogen-bond donors (Lipinski definition) is 2. The molecule has 0 spiro atoms. The first kappa shape index (κ1) is 32.9. The quantitative estimate of drug-likeness (QED) is 0.166. The van der Waals surface area contributed by atoms with Crippen molar-refractivity contribution in [3.63, 3.8) is 0 Å². The maximum Gasteiger partial charge on any atom is 0.260 e. The van der Waals surface area contributed by atoms with E-state index in [1.165, 1.54) is 4.90 Å². The van der Waals surface area contributed by atoms with Gasteiger partial charge in [-0.05, 0) is 85.3 Å². The first-order valence-corrected chi connectivity index (χ1v) is 17.6. The van der Waals surface area contributed by atoms with Crippen LogP contribution in [0, 0.1) is 30.6 Å². The zero-order valence-corrected chi connectivity index (χ0v) is 28.6. The molecule has 2 saturated heterocycles.